The number of amides is 1. The molecule has 7 N–H and O–H groups in total. The van der Waals surface area contributed by atoms with Crippen LogP contribution >= 0.6 is 0 Å². The zero-order chi connectivity index (χ0) is 34.9. The predicted octanol–water partition coefficient (Wildman–Crippen LogP) is 1.30. The van der Waals surface area contributed by atoms with Crippen molar-refractivity contribution in [3.8, 4) is 11.5 Å². The number of aliphatic hydroxyl groups excluding tert-OH is 5. The number of ketones is 2. The van der Waals surface area contributed by atoms with Gasteiger partial charge in [0.05, 0.1) is 42.0 Å². The van der Waals surface area contributed by atoms with Crippen LogP contribution in [0.4, 0.5) is 0 Å². The van der Waals surface area contributed by atoms with Gasteiger partial charge in [-0.2, -0.15) is 0 Å². The van der Waals surface area contributed by atoms with Crippen molar-refractivity contribution >= 4 is 23.0 Å². The summed E-state index contributed by atoms with van der Waals surface area (Å²) in [6.07, 6.45) is -0.146. The molecule has 46 heavy (non-hydrogen) atoms. The van der Waals surface area contributed by atoms with E-state index in [2.05, 4.69) is 4.99 Å². The molecule has 11 atom stereocenters. The molecular formula is C35H47NO10. The number of hydrogen-bond donors (Lipinski definition) is 7. The van der Waals surface area contributed by atoms with E-state index in [1.165, 1.54) is 39.0 Å². The Hall–Kier alpha value is -3.48. The van der Waals surface area contributed by atoms with Crippen LogP contribution in [0.25, 0.3) is 5.57 Å². The summed E-state index contributed by atoms with van der Waals surface area (Å²) < 4.78 is 0. The largest absolute Gasteiger partial charge is 0.507 e. The van der Waals surface area contributed by atoms with E-state index in [0.29, 0.717) is 0 Å². The normalized spacial score (nSPS) is 38.4. The number of Topliss-reactive ketones (excluding diaryl/α,β-unsaturated/α-hetero) is 2. The van der Waals surface area contributed by atoms with Crippen LogP contribution in [-0.2, 0) is 14.4 Å². The van der Waals surface area contributed by atoms with E-state index in [4.69, 9.17) is 0 Å². The highest BCUT2D eigenvalue weighted by Crippen LogP contribution is 2.35. The van der Waals surface area contributed by atoms with Crippen molar-refractivity contribution in [3.63, 3.8) is 0 Å². The fourth-order valence-electron chi connectivity index (χ4n) is 6.31. The molecule has 11 nitrogen and oxygen atoms in total. The first-order valence-corrected chi connectivity index (χ1v) is 15.6. The molecule has 1 aromatic carbocycles. The maximum atomic E-state index is 13.8. The Balaban J connectivity index is 2.30. The van der Waals surface area contributed by atoms with Crippen LogP contribution in [0, 0.1) is 35.5 Å². The minimum atomic E-state index is -1.62. The van der Waals surface area contributed by atoms with Gasteiger partial charge in [0.2, 0.25) is 0 Å². The SMILES string of the molecule is C/C1=C/C=C\[C@H](C)[C@H](O)[C@@H](C)[C@@H](O)[C@@H](C)[C@H](O)[C@H](C)[C@@H](O)C(C)/C=C(/C)C(=O)C2=c3c(O)cc(c(O)c3C(O)C(C)C2=O)=NC1=O. The summed E-state index contributed by atoms with van der Waals surface area (Å²) in [6, 6.07) is 0.939. The summed E-state index contributed by atoms with van der Waals surface area (Å²) in [5.41, 5.74) is -0.629. The third kappa shape index (κ3) is 7.08. The van der Waals surface area contributed by atoms with Gasteiger partial charge in [-0.3, -0.25) is 14.4 Å². The number of hydrogen-bond acceptors (Lipinski definition) is 10. The smallest absolute Gasteiger partial charge is 0.273 e. The lowest BCUT2D eigenvalue weighted by Gasteiger charge is -2.36. The number of nitrogens with zero attached hydrogens (tertiary/aromatic N) is 1. The van der Waals surface area contributed by atoms with Gasteiger partial charge < -0.3 is 35.7 Å². The highest BCUT2D eigenvalue weighted by Gasteiger charge is 2.40. The van der Waals surface area contributed by atoms with Gasteiger partial charge >= 0.3 is 0 Å². The zero-order valence-electron chi connectivity index (χ0n) is 27.5. The van der Waals surface area contributed by atoms with E-state index < -0.39 is 101 Å². The fraction of sp³-hybridized carbons (Fsp3) is 0.543. The molecule has 252 valence electrons. The third-order valence-corrected chi connectivity index (χ3v) is 9.70. The quantitative estimate of drug-likeness (QED) is 0.202. The second-order valence-electron chi connectivity index (χ2n) is 13.1. The minimum absolute atomic E-state index is 0.0273. The van der Waals surface area contributed by atoms with Gasteiger partial charge in [0.15, 0.2) is 11.6 Å². The first-order chi connectivity index (χ1) is 21.3. The van der Waals surface area contributed by atoms with Crippen molar-refractivity contribution in [2.24, 2.45) is 40.5 Å². The van der Waals surface area contributed by atoms with Gasteiger partial charge in [-0.15, -0.1) is 0 Å². The van der Waals surface area contributed by atoms with Gasteiger partial charge in [-0.25, -0.2) is 4.99 Å². The summed E-state index contributed by atoms with van der Waals surface area (Å²) in [6.45, 7) is 12.5. The molecule has 2 aliphatic heterocycles. The molecule has 3 unspecified atom stereocenters. The topological polar surface area (TPSA) is 205 Å². The van der Waals surface area contributed by atoms with Gasteiger partial charge in [0, 0.05) is 52.0 Å². The molecule has 1 aliphatic carbocycles. The van der Waals surface area contributed by atoms with Gasteiger partial charge in [-0.05, 0) is 19.4 Å². The Morgan fingerprint density at radius 1 is 0.717 bits per heavy atom. The molecule has 4 bridgehead atoms. The van der Waals surface area contributed by atoms with Crippen LogP contribution in [0.15, 0.2) is 46.5 Å². The number of allylic oxidation sites excluding steroid dienone is 3. The molecule has 1 amide bonds. The Morgan fingerprint density at radius 3 is 1.80 bits per heavy atom. The first-order valence-electron chi connectivity index (χ1n) is 15.6. The molecule has 0 aromatic heterocycles. The summed E-state index contributed by atoms with van der Waals surface area (Å²) in [5, 5.41) is 76.7. The molecule has 0 fully saturated rings. The average molecular weight is 642 g/mol. The highest BCUT2D eigenvalue weighted by atomic mass is 16.3. The number of phenols is 2. The van der Waals surface area contributed by atoms with Gasteiger partial charge in [0.25, 0.3) is 5.91 Å². The maximum Gasteiger partial charge on any atom is 0.273 e. The number of carbonyl (C=O) groups is 3. The lowest BCUT2D eigenvalue weighted by Crippen LogP contribution is -2.45. The van der Waals surface area contributed by atoms with E-state index in [-0.39, 0.29) is 27.3 Å². The molecule has 0 spiro atoms. The lowest BCUT2D eigenvalue weighted by atomic mass is 9.76. The second-order valence-corrected chi connectivity index (χ2v) is 13.1. The molecule has 0 saturated carbocycles. The Morgan fingerprint density at radius 2 is 1.24 bits per heavy atom. The third-order valence-electron chi connectivity index (χ3n) is 9.70. The molecule has 4 rings (SSSR count). The van der Waals surface area contributed by atoms with Crippen LogP contribution in [-0.4, -0.2) is 77.6 Å². The van der Waals surface area contributed by atoms with Crippen LogP contribution in [0.1, 0.15) is 67.1 Å². The number of benzene rings is 1. The number of aromatic hydroxyl groups is 2. The number of fused-ring (bicyclic) bond motifs is 15. The van der Waals surface area contributed by atoms with Crippen LogP contribution in [0.5, 0.6) is 11.5 Å². The van der Waals surface area contributed by atoms with E-state index in [1.807, 2.05) is 0 Å². The molecule has 0 saturated heterocycles. The zero-order valence-corrected chi connectivity index (χ0v) is 27.5. The summed E-state index contributed by atoms with van der Waals surface area (Å²) in [4.78, 5) is 44.0. The molecule has 1 aromatic rings. The molecule has 0 radical (unpaired) electrons. The van der Waals surface area contributed by atoms with Crippen LogP contribution in [0.3, 0.4) is 0 Å². The fourth-order valence-corrected chi connectivity index (χ4v) is 6.31. The van der Waals surface area contributed by atoms with Crippen molar-refractivity contribution in [2.45, 2.75) is 85.9 Å². The molecule has 2 heterocycles. The van der Waals surface area contributed by atoms with E-state index in [9.17, 15) is 50.1 Å². The van der Waals surface area contributed by atoms with E-state index in [0.717, 1.165) is 6.07 Å². The number of phenolic OH excluding ortho intramolecular Hbond substituents is 2. The Labute approximate surface area is 268 Å². The number of carbonyl (C=O) groups excluding carboxylic acids is 3. The predicted molar refractivity (Wildman–Crippen MR) is 170 cm³/mol. The average Bonchev–Trinajstić information content (AvgIpc) is 3.02. The van der Waals surface area contributed by atoms with Crippen LogP contribution < -0.4 is 10.6 Å². The number of rotatable bonds is 0. The monoisotopic (exact) mass is 641 g/mol. The lowest BCUT2D eigenvalue weighted by molar-refractivity contribution is -0.122. The van der Waals surface area contributed by atoms with Crippen molar-refractivity contribution in [1.29, 1.82) is 0 Å². The highest BCUT2D eigenvalue weighted by molar-refractivity contribution is 6.46. The number of aliphatic hydroxyl groups is 5. The molecular weight excluding hydrogens is 594 g/mol. The van der Waals surface area contributed by atoms with Crippen molar-refractivity contribution in [3.05, 3.63) is 57.7 Å². The van der Waals surface area contributed by atoms with Gasteiger partial charge in [0.1, 0.15) is 16.9 Å². The Bertz CT molecular complexity index is 1590. The molecule has 3 aliphatic rings. The first kappa shape index (κ1) is 37.0. The van der Waals surface area contributed by atoms with Crippen molar-refractivity contribution < 1.29 is 50.1 Å². The van der Waals surface area contributed by atoms with Crippen molar-refractivity contribution in [1.82, 2.24) is 0 Å². The summed E-state index contributed by atoms with van der Waals surface area (Å²) in [7, 11) is 0. The van der Waals surface area contributed by atoms with Crippen LogP contribution in [0.2, 0.25) is 0 Å². The summed E-state index contributed by atoms with van der Waals surface area (Å²) in [5.74, 6) is -8.29. The van der Waals surface area contributed by atoms with Crippen molar-refractivity contribution in [2.75, 3.05) is 0 Å². The second kappa shape index (κ2) is 14.5. The van der Waals surface area contributed by atoms with E-state index >= 15 is 0 Å². The maximum absolute atomic E-state index is 13.8. The standard InChI is InChI=1S/C35H47NO10/c1-14-10-9-11-15(2)35(46)36-22-13-23(37)24-25(32(43)21(8)33(44)26(24)34(22)45)29(40)17(4)12-16(3)28(39)19(6)31(42)20(7)30(41)18(5)27(14)38/h9-14,16,18-21,27-28,30-31,33,37-39,41-42,44-45H,1-8H3/b10-9-,15-11-,17-12-,36-22?/t14-,16?,18+,19+,20+,21?,27-,28-,30+,31+,33?/m0/s1. The minimum Gasteiger partial charge on any atom is -0.507 e. The Kier molecular flexibility index (Phi) is 11.7. The van der Waals surface area contributed by atoms with E-state index in [1.54, 1.807) is 40.7 Å². The van der Waals surface area contributed by atoms with Gasteiger partial charge in [-0.1, -0.05) is 65.8 Å². The summed E-state index contributed by atoms with van der Waals surface area (Å²) >= 11 is 0. The molecule has 11 heteroatoms.